The van der Waals surface area contributed by atoms with E-state index < -0.39 is 0 Å². The maximum Gasteiger partial charge on any atom is 0.243 e. The van der Waals surface area contributed by atoms with Crippen molar-refractivity contribution < 1.29 is 4.52 Å². The number of hydrogen-bond acceptors (Lipinski definition) is 4. The number of rotatable bonds is 3. The molecule has 2 fully saturated rings. The Kier molecular flexibility index (Phi) is 3.26. The van der Waals surface area contributed by atoms with E-state index in [4.69, 9.17) is 9.51 Å². The number of aromatic nitrogens is 2. The van der Waals surface area contributed by atoms with Gasteiger partial charge in [-0.3, -0.25) is 0 Å². The fourth-order valence-corrected chi connectivity index (χ4v) is 3.33. The topological polar surface area (TPSA) is 51.0 Å². The van der Waals surface area contributed by atoms with E-state index in [1.165, 1.54) is 24.8 Å². The summed E-state index contributed by atoms with van der Waals surface area (Å²) in [7, 11) is 0. The van der Waals surface area contributed by atoms with Crippen molar-refractivity contribution in [2.45, 2.75) is 50.0 Å². The van der Waals surface area contributed by atoms with Gasteiger partial charge in [0.1, 0.15) is 0 Å². The van der Waals surface area contributed by atoms with Crippen LogP contribution in [0.3, 0.4) is 0 Å². The molecule has 21 heavy (non-hydrogen) atoms. The van der Waals surface area contributed by atoms with Crippen molar-refractivity contribution in [1.82, 2.24) is 15.5 Å². The van der Waals surface area contributed by atoms with E-state index in [1.807, 2.05) is 0 Å². The molecule has 0 spiro atoms. The lowest BCUT2D eigenvalue weighted by molar-refractivity contribution is 0.323. The van der Waals surface area contributed by atoms with Crippen molar-refractivity contribution in [3.8, 4) is 0 Å². The highest BCUT2D eigenvalue weighted by molar-refractivity contribution is 5.38. The van der Waals surface area contributed by atoms with Gasteiger partial charge >= 0.3 is 0 Å². The van der Waals surface area contributed by atoms with Crippen LogP contribution in [0.2, 0.25) is 0 Å². The van der Waals surface area contributed by atoms with Gasteiger partial charge in [-0.05, 0) is 37.8 Å². The predicted octanol–water partition coefficient (Wildman–Crippen LogP) is 3.35. The Bertz CT molecular complexity index is 596. The van der Waals surface area contributed by atoms with Gasteiger partial charge in [0.15, 0.2) is 5.82 Å². The van der Waals surface area contributed by atoms with Crippen LogP contribution >= 0.6 is 0 Å². The van der Waals surface area contributed by atoms with Crippen molar-refractivity contribution >= 4 is 0 Å². The summed E-state index contributed by atoms with van der Waals surface area (Å²) in [5.74, 6) is 1.64. The van der Waals surface area contributed by atoms with Crippen LogP contribution in [0.15, 0.2) is 34.9 Å². The van der Waals surface area contributed by atoms with Gasteiger partial charge in [0.05, 0.1) is 11.5 Å². The summed E-state index contributed by atoms with van der Waals surface area (Å²) in [6.45, 7) is 1.05. The van der Waals surface area contributed by atoms with Gasteiger partial charge in [-0.1, -0.05) is 48.3 Å². The second-order valence-corrected chi connectivity index (χ2v) is 6.26. The van der Waals surface area contributed by atoms with Gasteiger partial charge in [-0.15, -0.1) is 0 Å². The fraction of sp³-hybridized carbons (Fsp3) is 0.529. The molecule has 1 aliphatic heterocycles. The maximum absolute atomic E-state index is 5.58. The first-order chi connectivity index (χ1) is 10.4. The van der Waals surface area contributed by atoms with Gasteiger partial charge in [0.25, 0.3) is 0 Å². The zero-order valence-corrected chi connectivity index (χ0v) is 12.2. The van der Waals surface area contributed by atoms with Crippen LogP contribution in [0.25, 0.3) is 0 Å². The Balaban J connectivity index is 1.60. The van der Waals surface area contributed by atoms with E-state index in [0.29, 0.717) is 0 Å². The average molecular weight is 283 g/mol. The monoisotopic (exact) mass is 283 g/mol. The van der Waals surface area contributed by atoms with E-state index in [-0.39, 0.29) is 11.5 Å². The molecule has 110 valence electrons. The Morgan fingerprint density at radius 3 is 2.76 bits per heavy atom. The third-order valence-electron chi connectivity index (χ3n) is 4.80. The first-order valence-electron chi connectivity index (χ1n) is 8.01. The molecule has 0 amide bonds. The molecular weight excluding hydrogens is 262 g/mol. The van der Waals surface area contributed by atoms with E-state index in [2.05, 4.69) is 40.8 Å². The van der Waals surface area contributed by atoms with Crippen molar-refractivity contribution in [1.29, 1.82) is 0 Å². The Labute approximate surface area is 124 Å². The first kappa shape index (κ1) is 13.0. The van der Waals surface area contributed by atoms with E-state index >= 15 is 0 Å². The Morgan fingerprint density at radius 1 is 1.10 bits per heavy atom. The number of nitrogens with zero attached hydrogens (tertiary/aromatic N) is 2. The minimum absolute atomic E-state index is 0.00768. The summed E-state index contributed by atoms with van der Waals surface area (Å²) in [5.41, 5.74) is 1.32. The number of benzene rings is 1. The molecule has 1 aromatic heterocycles. The summed E-state index contributed by atoms with van der Waals surface area (Å²) in [4.78, 5) is 4.75. The lowest BCUT2D eigenvalue weighted by Gasteiger charge is -2.11. The molecule has 2 aromatic rings. The quantitative estimate of drug-likeness (QED) is 0.938. The molecule has 0 bridgehead atoms. The number of hydrogen-bond donors (Lipinski definition) is 1. The highest BCUT2D eigenvalue weighted by Crippen LogP contribution is 2.52. The van der Waals surface area contributed by atoms with Crippen LogP contribution in [0.4, 0.5) is 0 Å². The second-order valence-electron chi connectivity index (χ2n) is 6.26. The zero-order valence-electron chi connectivity index (χ0n) is 12.2. The molecule has 4 nitrogen and oxygen atoms in total. The van der Waals surface area contributed by atoms with Gasteiger partial charge in [0.2, 0.25) is 5.89 Å². The molecule has 4 heteroatoms. The highest BCUT2D eigenvalue weighted by Gasteiger charge is 2.50. The van der Waals surface area contributed by atoms with Crippen LogP contribution in [-0.2, 0) is 5.41 Å². The predicted molar refractivity (Wildman–Crippen MR) is 80.0 cm³/mol. The smallest absolute Gasteiger partial charge is 0.243 e. The van der Waals surface area contributed by atoms with Crippen LogP contribution in [0.1, 0.15) is 61.8 Å². The molecule has 2 aliphatic rings. The zero-order chi connectivity index (χ0) is 14.1. The Hall–Kier alpha value is -1.68. The third kappa shape index (κ3) is 2.38. The lowest BCUT2D eigenvalue weighted by atomic mass is 9.95. The van der Waals surface area contributed by atoms with E-state index in [1.54, 1.807) is 0 Å². The molecule has 2 heterocycles. The molecule has 1 atom stereocenters. The summed E-state index contributed by atoms with van der Waals surface area (Å²) in [6, 6.07) is 10.8. The SMILES string of the molecule is c1ccc(C2(c3noc(C4CCCCCN4)n3)CC2)cc1. The highest BCUT2D eigenvalue weighted by atomic mass is 16.5. The summed E-state index contributed by atoms with van der Waals surface area (Å²) < 4.78 is 5.58. The first-order valence-corrected chi connectivity index (χ1v) is 8.01. The molecule has 1 aromatic carbocycles. The van der Waals surface area contributed by atoms with Crippen molar-refractivity contribution in [3.63, 3.8) is 0 Å². The molecular formula is C17H21N3O. The van der Waals surface area contributed by atoms with Gasteiger partial charge in [-0.25, -0.2) is 0 Å². The van der Waals surface area contributed by atoms with Crippen molar-refractivity contribution in [3.05, 3.63) is 47.6 Å². The minimum Gasteiger partial charge on any atom is -0.338 e. The summed E-state index contributed by atoms with van der Waals surface area (Å²) >= 11 is 0. The van der Waals surface area contributed by atoms with E-state index in [9.17, 15) is 0 Å². The van der Waals surface area contributed by atoms with Crippen LogP contribution < -0.4 is 5.32 Å². The van der Waals surface area contributed by atoms with Crippen LogP contribution in [0, 0.1) is 0 Å². The molecule has 4 rings (SSSR count). The van der Waals surface area contributed by atoms with Gasteiger partial charge in [0, 0.05) is 0 Å². The fourth-order valence-electron chi connectivity index (χ4n) is 3.33. The van der Waals surface area contributed by atoms with Gasteiger partial charge in [-0.2, -0.15) is 4.98 Å². The van der Waals surface area contributed by atoms with Crippen molar-refractivity contribution in [2.24, 2.45) is 0 Å². The normalized spacial score (nSPS) is 24.5. The lowest BCUT2D eigenvalue weighted by Crippen LogP contribution is -2.21. The maximum atomic E-state index is 5.58. The largest absolute Gasteiger partial charge is 0.338 e. The Morgan fingerprint density at radius 2 is 1.95 bits per heavy atom. The summed E-state index contributed by atoms with van der Waals surface area (Å²) in [5, 5.41) is 7.83. The van der Waals surface area contributed by atoms with Gasteiger partial charge < -0.3 is 9.84 Å². The molecule has 1 N–H and O–H groups in total. The molecule has 1 unspecified atom stereocenters. The summed E-state index contributed by atoms with van der Waals surface area (Å²) in [6.07, 6.45) is 7.10. The molecule has 1 aliphatic carbocycles. The van der Waals surface area contributed by atoms with Crippen LogP contribution in [-0.4, -0.2) is 16.7 Å². The molecule has 0 radical (unpaired) electrons. The van der Waals surface area contributed by atoms with E-state index in [0.717, 1.165) is 37.5 Å². The molecule has 1 saturated carbocycles. The number of nitrogens with one attached hydrogen (secondary N) is 1. The third-order valence-corrected chi connectivity index (χ3v) is 4.80. The second kappa shape index (κ2) is 5.26. The standard InChI is InChI=1S/C17H21N3O/c1-3-7-13(8-4-1)17(10-11-17)16-19-15(21-20-16)14-9-5-2-6-12-18-14/h1,3-4,7-8,14,18H,2,5-6,9-12H2. The van der Waals surface area contributed by atoms with Crippen LogP contribution in [0.5, 0.6) is 0 Å². The average Bonchev–Trinajstić information content (AvgIpc) is 3.28. The minimum atomic E-state index is 0.00768. The molecule has 1 saturated heterocycles. The van der Waals surface area contributed by atoms with Crippen molar-refractivity contribution in [2.75, 3.05) is 6.54 Å².